The highest BCUT2D eigenvalue weighted by atomic mass is 19.2. The van der Waals surface area contributed by atoms with Gasteiger partial charge in [0.15, 0.2) is 6.33 Å². The first kappa shape index (κ1) is 7.40. The van der Waals surface area contributed by atoms with Crippen molar-refractivity contribution in [3.8, 4) is 0 Å². The van der Waals surface area contributed by atoms with Crippen molar-refractivity contribution in [1.82, 2.24) is 0 Å². The van der Waals surface area contributed by atoms with Gasteiger partial charge in [-0.25, -0.2) is 4.39 Å². The second-order valence-corrected chi connectivity index (χ2v) is 1.26. The van der Waals surface area contributed by atoms with E-state index in [1.54, 1.807) is 0 Å². The summed E-state index contributed by atoms with van der Waals surface area (Å²) in [4.78, 5) is 0. The van der Waals surface area contributed by atoms with Crippen molar-refractivity contribution >= 4 is 0 Å². The predicted molar refractivity (Wildman–Crippen MR) is 26.5 cm³/mol. The highest BCUT2D eigenvalue weighted by molar-refractivity contribution is 4.70. The van der Waals surface area contributed by atoms with Crippen LogP contribution in [-0.4, -0.2) is 6.61 Å². The van der Waals surface area contributed by atoms with Crippen LogP contribution in [0.3, 0.4) is 0 Å². The van der Waals surface area contributed by atoms with E-state index in [1.807, 2.05) is 6.92 Å². The Morgan fingerprint density at radius 3 is 2.75 bits per heavy atom. The van der Waals surface area contributed by atoms with Gasteiger partial charge in [0.1, 0.15) is 0 Å². The monoisotopic (exact) mass is 122 g/mol. The highest BCUT2D eigenvalue weighted by Gasteiger charge is 1.89. The summed E-state index contributed by atoms with van der Waals surface area (Å²) < 4.78 is 26.8. The molecule has 0 saturated carbocycles. The third kappa shape index (κ3) is 3.59. The Kier molecular flexibility index (Phi) is 4.21. The maximum absolute atomic E-state index is 11.6. The van der Waals surface area contributed by atoms with Gasteiger partial charge in [0.25, 0.3) is 0 Å². The highest BCUT2D eigenvalue weighted by Crippen LogP contribution is 1.98. The average Bonchev–Trinajstić information content (AvgIpc) is 1.83. The summed E-state index contributed by atoms with van der Waals surface area (Å²) in [5.41, 5.74) is 0. The lowest BCUT2D eigenvalue weighted by Crippen LogP contribution is -1.86. The van der Waals surface area contributed by atoms with Gasteiger partial charge in [0.2, 0.25) is 0 Å². The minimum absolute atomic E-state index is 0.199. The molecule has 0 atom stereocenters. The maximum atomic E-state index is 11.6. The lowest BCUT2D eigenvalue weighted by Gasteiger charge is -1.95. The Hall–Kier alpha value is -0.600. The van der Waals surface area contributed by atoms with Gasteiger partial charge in [-0.3, -0.25) is 0 Å². The van der Waals surface area contributed by atoms with Gasteiger partial charge in [-0.2, -0.15) is 4.39 Å². The maximum Gasteiger partial charge on any atom is 0.301 e. The second kappa shape index (κ2) is 4.56. The first-order valence-electron chi connectivity index (χ1n) is 2.40. The number of hydrogen-bond acceptors (Lipinski definition) is 1. The van der Waals surface area contributed by atoms with Gasteiger partial charge in [0.05, 0.1) is 6.61 Å². The van der Waals surface area contributed by atoms with E-state index in [1.165, 1.54) is 0 Å². The molecule has 0 fully saturated rings. The standard InChI is InChI=1S/C5H8F2O/c1-2-3-8-5(7)4-6/h4H,2-3H2,1H3. The minimum Gasteiger partial charge on any atom is -0.469 e. The fraction of sp³-hybridized carbons (Fsp3) is 0.600. The molecule has 0 aliphatic heterocycles. The van der Waals surface area contributed by atoms with Crippen molar-refractivity contribution in [2.45, 2.75) is 13.3 Å². The van der Waals surface area contributed by atoms with Gasteiger partial charge < -0.3 is 4.74 Å². The number of halogens is 2. The van der Waals surface area contributed by atoms with Crippen LogP contribution in [0.4, 0.5) is 8.78 Å². The summed E-state index contributed by atoms with van der Waals surface area (Å²) in [7, 11) is 0. The molecule has 0 bridgehead atoms. The molecule has 0 heterocycles. The molecule has 0 aliphatic rings. The first-order chi connectivity index (χ1) is 3.81. The van der Waals surface area contributed by atoms with Crippen molar-refractivity contribution in [1.29, 1.82) is 0 Å². The van der Waals surface area contributed by atoms with Gasteiger partial charge in [-0.05, 0) is 6.42 Å². The van der Waals surface area contributed by atoms with E-state index >= 15 is 0 Å². The Morgan fingerprint density at radius 1 is 1.75 bits per heavy atom. The van der Waals surface area contributed by atoms with E-state index < -0.39 is 6.01 Å². The zero-order valence-electron chi connectivity index (χ0n) is 4.66. The molecule has 8 heavy (non-hydrogen) atoms. The topological polar surface area (TPSA) is 9.23 Å². The van der Waals surface area contributed by atoms with Gasteiger partial charge in [-0.1, -0.05) is 6.92 Å². The number of ether oxygens (including phenoxy) is 1. The Labute approximate surface area is 47.0 Å². The molecular formula is C5H8F2O. The number of hydrogen-bond donors (Lipinski definition) is 0. The van der Waals surface area contributed by atoms with E-state index in [9.17, 15) is 8.78 Å². The lowest BCUT2D eigenvalue weighted by atomic mass is 10.5. The van der Waals surface area contributed by atoms with E-state index in [4.69, 9.17) is 0 Å². The summed E-state index contributed by atoms with van der Waals surface area (Å²) in [6.45, 7) is 2.04. The van der Waals surface area contributed by atoms with Crippen LogP contribution in [-0.2, 0) is 4.74 Å². The van der Waals surface area contributed by atoms with E-state index in [2.05, 4.69) is 4.74 Å². The summed E-state index contributed by atoms with van der Waals surface area (Å²) in [5.74, 6) is 0. The molecule has 1 nitrogen and oxygen atoms in total. The van der Waals surface area contributed by atoms with Crippen molar-refractivity contribution in [3.05, 3.63) is 12.3 Å². The normalized spacial score (nSPS) is 11.6. The summed E-state index contributed by atoms with van der Waals surface area (Å²) in [6.07, 6.45) is 0.483. The van der Waals surface area contributed by atoms with E-state index in [0.717, 1.165) is 0 Å². The Bertz CT molecular complexity index is 80.5. The molecule has 0 aromatic carbocycles. The van der Waals surface area contributed by atoms with Crippen molar-refractivity contribution < 1.29 is 13.5 Å². The SMILES string of the molecule is CCCOC(F)=CF. The van der Waals surface area contributed by atoms with Crippen molar-refractivity contribution in [3.63, 3.8) is 0 Å². The average molecular weight is 122 g/mol. The van der Waals surface area contributed by atoms with Crippen molar-refractivity contribution in [2.24, 2.45) is 0 Å². The molecule has 0 rings (SSSR count). The van der Waals surface area contributed by atoms with Gasteiger partial charge >= 0.3 is 6.01 Å². The molecule has 3 heteroatoms. The van der Waals surface area contributed by atoms with E-state index in [0.29, 0.717) is 6.42 Å². The summed E-state index contributed by atoms with van der Waals surface area (Å²) >= 11 is 0. The molecule has 0 unspecified atom stereocenters. The van der Waals surface area contributed by atoms with Crippen LogP contribution in [0.15, 0.2) is 12.3 Å². The molecule has 0 N–H and O–H groups in total. The predicted octanol–water partition coefficient (Wildman–Crippen LogP) is 2.15. The molecule has 0 spiro atoms. The smallest absolute Gasteiger partial charge is 0.301 e. The fourth-order valence-corrected chi connectivity index (χ4v) is 0.231. The third-order valence-corrected chi connectivity index (χ3v) is 0.530. The van der Waals surface area contributed by atoms with Crippen LogP contribution in [0, 0.1) is 0 Å². The largest absolute Gasteiger partial charge is 0.469 e. The molecule has 0 aromatic rings. The minimum atomic E-state index is -1.15. The van der Waals surface area contributed by atoms with Gasteiger partial charge in [0, 0.05) is 0 Å². The van der Waals surface area contributed by atoms with Crippen LogP contribution in [0.25, 0.3) is 0 Å². The molecule has 48 valence electrons. The summed E-state index contributed by atoms with van der Waals surface area (Å²) in [6, 6.07) is -1.15. The van der Waals surface area contributed by atoms with Crippen LogP contribution in [0.5, 0.6) is 0 Å². The lowest BCUT2D eigenvalue weighted by molar-refractivity contribution is 0.140. The third-order valence-electron chi connectivity index (χ3n) is 0.530. The van der Waals surface area contributed by atoms with Crippen LogP contribution in [0.1, 0.15) is 13.3 Å². The Morgan fingerprint density at radius 2 is 2.38 bits per heavy atom. The molecule has 0 aromatic heterocycles. The Balaban J connectivity index is 3.12. The molecule has 0 saturated heterocycles. The fourth-order valence-electron chi connectivity index (χ4n) is 0.231. The first-order valence-corrected chi connectivity index (χ1v) is 2.40. The van der Waals surface area contributed by atoms with Crippen LogP contribution in [0.2, 0.25) is 0 Å². The second-order valence-electron chi connectivity index (χ2n) is 1.26. The van der Waals surface area contributed by atoms with Crippen molar-refractivity contribution in [2.75, 3.05) is 6.61 Å². The van der Waals surface area contributed by atoms with Crippen LogP contribution < -0.4 is 0 Å². The molecule has 0 radical (unpaired) electrons. The number of rotatable bonds is 3. The van der Waals surface area contributed by atoms with Gasteiger partial charge in [-0.15, -0.1) is 0 Å². The summed E-state index contributed by atoms with van der Waals surface area (Å²) in [5, 5.41) is 0. The van der Waals surface area contributed by atoms with E-state index in [-0.39, 0.29) is 12.9 Å². The molecule has 0 aliphatic carbocycles. The zero-order chi connectivity index (χ0) is 6.41. The quantitative estimate of drug-likeness (QED) is 0.521. The zero-order valence-corrected chi connectivity index (χ0v) is 4.66. The van der Waals surface area contributed by atoms with Crippen LogP contribution >= 0.6 is 0 Å². The molecular weight excluding hydrogens is 114 g/mol. The molecule has 0 amide bonds.